The van der Waals surface area contributed by atoms with E-state index in [4.69, 9.17) is 4.74 Å². The molecule has 0 radical (unpaired) electrons. The van der Waals surface area contributed by atoms with Gasteiger partial charge in [0.25, 0.3) is 0 Å². The number of sulfone groups is 1. The van der Waals surface area contributed by atoms with E-state index in [2.05, 4.69) is 41.2 Å². The number of nitrogens with one attached hydrogen (secondary N) is 1. The Bertz CT molecular complexity index is 1170. The smallest absolute Gasteiger partial charge is 0.184 e. The van der Waals surface area contributed by atoms with Crippen molar-refractivity contribution in [2.45, 2.75) is 62.3 Å². The number of hydrogen-bond donors (Lipinski definition) is 1. The van der Waals surface area contributed by atoms with Crippen molar-refractivity contribution in [3.05, 3.63) is 58.5 Å². The van der Waals surface area contributed by atoms with Gasteiger partial charge in [-0.05, 0) is 73.8 Å². The van der Waals surface area contributed by atoms with Crippen molar-refractivity contribution in [1.29, 1.82) is 0 Å². The van der Waals surface area contributed by atoms with Crippen molar-refractivity contribution in [3.63, 3.8) is 0 Å². The van der Waals surface area contributed by atoms with Gasteiger partial charge in [0.2, 0.25) is 0 Å². The Morgan fingerprint density at radius 2 is 1.91 bits per heavy atom. The van der Waals surface area contributed by atoms with E-state index in [0.717, 1.165) is 62.9 Å². The van der Waals surface area contributed by atoms with Crippen LogP contribution < -0.4 is 5.32 Å². The molecule has 6 nitrogen and oxygen atoms in total. The molecule has 2 fully saturated rings. The van der Waals surface area contributed by atoms with E-state index >= 15 is 0 Å². The van der Waals surface area contributed by atoms with Crippen molar-refractivity contribution >= 4 is 31.9 Å². The number of ether oxygens (including phenoxy) is 1. The highest BCUT2D eigenvalue weighted by atomic mass is 32.2. The first-order valence-electron chi connectivity index (χ1n) is 12.7. The summed E-state index contributed by atoms with van der Waals surface area (Å²) in [5.74, 6) is -0.0456. The average molecular weight is 516 g/mol. The maximum atomic E-state index is 12.9. The van der Waals surface area contributed by atoms with Crippen molar-refractivity contribution in [2.24, 2.45) is 0 Å². The minimum atomic E-state index is -3.41. The van der Waals surface area contributed by atoms with Crippen LogP contribution in [0.5, 0.6) is 0 Å². The molecule has 190 valence electrons. The molecule has 2 aliphatic rings. The molecule has 1 N–H and O–H groups in total. The Balaban J connectivity index is 0.000000527. The van der Waals surface area contributed by atoms with Crippen LogP contribution in [0.15, 0.2) is 52.9 Å². The molecule has 2 aliphatic heterocycles. The van der Waals surface area contributed by atoms with Gasteiger partial charge in [0.05, 0.1) is 4.90 Å². The Labute approximate surface area is 213 Å². The first kappa shape index (κ1) is 26.2. The highest BCUT2D eigenvalue weighted by molar-refractivity contribution is 7.90. The zero-order valence-electron chi connectivity index (χ0n) is 20.8. The van der Waals surface area contributed by atoms with Gasteiger partial charge in [-0.25, -0.2) is 13.4 Å². The second-order valence-corrected chi connectivity index (χ2v) is 12.1. The lowest BCUT2D eigenvalue weighted by Gasteiger charge is -2.36. The highest BCUT2D eigenvalue weighted by Crippen LogP contribution is 2.39. The lowest BCUT2D eigenvalue weighted by atomic mass is 9.95. The maximum absolute atomic E-state index is 12.9. The van der Waals surface area contributed by atoms with Crippen LogP contribution in [0.1, 0.15) is 56.1 Å². The molecule has 0 saturated carbocycles. The Kier molecular flexibility index (Phi) is 9.30. The largest absolute Gasteiger partial charge is 0.381 e. The maximum Gasteiger partial charge on any atom is 0.184 e. The monoisotopic (exact) mass is 515 g/mol. The number of benzene rings is 2. The van der Waals surface area contributed by atoms with E-state index in [1.165, 1.54) is 23.3 Å². The molecule has 0 aliphatic carbocycles. The van der Waals surface area contributed by atoms with Gasteiger partial charge < -0.3 is 10.1 Å². The van der Waals surface area contributed by atoms with Gasteiger partial charge in [0, 0.05) is 36.9 Å². The van der Waals surface area contributed by atoms with Crippen molar-refractivity contribution < 1.29 is 13.2 Å². The molecular weight excluding hydrogens is 478 g/mol. The average Bonchev–Trinajstić information content (AvgIpc) is 3.57. The Hall–Kier alpha value is -1.84. The van der Waals surface area contributed by atoms with Crippen LogP contribution in [0.4, 0.5) is 0 Å². The fourth-order valence-electron chi connectivity index (χ4n) is 5.17. The molecule has 0 unspecified atom stereocenters. The van der Waals surface area contributed by atoms with Crippen LogP contribution in [0, 0.1) is 0 Å². The van der Waals surface area contributed by atoms with Crippen LogP contribution in [0.25, 0.3) is 10.8 Å². The number of aromatic nitrogens is 1. The molecule has 35 heavy (non-hydrogen) atoms. The van der Waals surface area contributed by atoms with Gasteiger partial charge >= 0.3 is 0 Å². The Morgan fingerprint density at radius 3 is 2.60 bits per heavy atom. The number of hydrogen-bond acceptors (Lipinski definition) is 7. The van der Waals surface area contributed by atoms with E-state index in [0.29, 0.717) is 22.0 Å². The summed E-state index contributed by atoms with van der Waals surface area (Å²) in [6.07, 6.45) is 6.20. The molecule has 2 aromatic carbocycles. The summed E-state index contributed by atoms with van der Waals surface area (Å²) in [4.78, 5) is 7.16. The van der Waals surface area contributed by atoms with Crippen LogP contribution in [-0.4, -0.2) is 57.2 Å². The summed E-state index contributed by atoms with van der Waals surface area (Å²) in [7, 11) is -3.41. The van der Waals surface area contributed by atoms with Crippen molar-refractivity contribution in [1.82, 2.24) is 15.2 Å². The van der Waals surface area contributed by atoms with E-state index in [-0.39, 0.29) is 5.75 Å². The van der Waals surface area contributed by atoms with Gasteiger partial charge in [-0.1, -0.05) is 38.1 Å². The predicted octanol–water partition coefficient (Wildman–Crippen LogP) is 5.20. The third-order valence-corrected chi connectivity index (χ3v) is 9.44. The van der Waals surface area contributed by atoms with E-state index in [1.54, 1.807) is 12.3 Å². The summed E-state index contributed by atoms with van der Waals surface area (Å²) >= 11 is 1.38. The fraction of sp³-hybridized carbons (Fsp3) is 0.519. The summed E-state index contributed by atoms with van der Waals surface area (Å²) in [6.45, 7) is 9.22. The van der Waals surface area contributed by atoms with E-state index in [1.807, 2.05) is 23.6 Å². The molecular formula is C27H37N3O3S2. The number of thiazole rings is 1. The fourth-order valence-corrected chi connectivity index (χ4v) is 7.45. The zero-order chi connectivity index (χ0) is 24.7. The normalized spacial score (nSPS) is 19.5. The predicted molar refractivity (Wildman–Crippen MR) is 144 cm³/mol. The van der Waals surface area contributed by atoms with Crippen LogP contribution in [0.2, 0.25) is 0 Å². The number of fused-ring (bicyclic) bond motifs is 1. The van der Waals surface area contributed by atoms with Crippen LogP contribution in [-0.2, 0) is 20.3 Å². The van der Waals surface area contributed by atoms with Gasteiger partial charge in [-0.2, -0.15) is 0 Å². The Morgan fingerprint density at radius 1 is 1.11 bits per heavy atom. The third kappa shape index (κ3) is 6.49. The van der Waals surface area contributed by atoms with Crippen molar-refractivity contribution in [2.75, 3.05) is 32.8 Å². The zero-order valence-corrected chi connectivity index (χ0v) is 22.4. The van der Waals surface area contributed by atoms with E-state index in [9.17, 15) is 8.42 Å². The lowest BCUT2D eigenvalue weighted by Crippen LogP contribution is -2.39. The van der Waals surface area contributed by atoms with Gasteiger partial charge in [0.1, 0.15) is 10.8 Å². The van der Waals surface area contributed by atoms with Crippen molar-refractivity contribution in [3.8, 4) is 0 Å². The standard InChI is InChI=1S/C23H26N2O3S2.C4H11N/c26-30(27,16-23-24-10-14-29-23)19-6-7-20-17(15-19)3-1-4-21(20)22-5-2-11-25(22)18-8-12-28-13-9-18;1-3-5-4-2/h1,3-4,6-7,10,14-15,18,22H,2,5,8-9,11-13,16H2;5H,3-4H2,1-2H3/t22-;/m0./s1. The van der Waals surface area contributed by atoms with Gasteiger partial charge in [0.15, 0.2) is 9.84 Å². The number of rotatable bonds is 7. The summed E-state index contributed by atoms with van der Waals surface area (Å²) in [6, 6.07) is 12.9. The molecule has 0 bridgehead atoms. The SMILES string of the molecule is CCNCC.O=S(=O)(Cc1nccs1)c1ccc2c([C@@H]3CCCN3C3CCOCC3)cccc2c1. The van der Waals surface area contributed by atoms with Gasteiger partial charge in [-0.3, -0.25) is 4.90 Å². The second kappa shape index (κ2) is 12.4. The lowest BCUT2D eigenvalue weighted by molar-refractivity contribution is 0.0293. The van der Waals surface area contributed by atoms with Crippen LogP contribution >= 0.6 is 11.3 Å². The minimum Gasteiger partial charge on any atom is -0.381 e. The molecule has 0 spiro atoms. The molecule has 8 heteroatoms. The molecule has 3 heterocycles. The summed E-state index contributed by atoms with van der Waals surface area (Å²) in [5.41, 5.74) is 1.32. The summed E-state index contributed by atoms with van der Waals surface area (Å²) < 4.78 is 31.3. The topological polar surface area (TPSA) is 71.5 Å². The first-order valence-corrected chi connectivity index (χ1v) is 15.2. The molecule has 2 saturated heterocycles. The van der Waals surface area contributed by atoms with E-state index < -0.39 is 9.84 Å². The highest BCUT2D eigenvalue weighted by Gasteiger charge is 2.33. The third-order valence-electron chi connectivity index (χ3n) is 6.85. The van der Waals surface area contributed by atoms with Crippen LogP contribution in [0.3, 0.4) is 0 Å². The number of likely N-dealkylation sites (tertiary alicyclic amines) is 1. The molecule has 5 rings (SSSR count). The first-order chi connectivity index (χ1) is 17.0. The second-order valence-electron chi connectivity index (χ2n) is 9.11. The quantitative estimate of drug-likeness (QED) is 0.466. The molecule has 1 aromatic heterocycles. The molecule has 1 atom stereocenters. The summed E-state index contributed by atoms with van der Waals surface area (Å²) in [5, 5.41) is 7.70. The number of nitrogens with zero attached hydrogens (tertiary/aromatic N) is 2. The van der Waals surface area contributed by atoms with Gasteiger partial charge in [-0.15, -0.1) is 11.3 Å². The molecule has 3 aromatic rings. The molecule has 0 amide bonds. The minimum absolute atomic E-state index is 0.0456.